The van der Waals surface area contributed by atoms with Crippen LogP contribution in [0, 0.1) is 5.82 Å². The zero-order chi connectivity index (χ0) is 22.0. The van der Waals surface area contributed by atoms with Gasteiger partial charge in [0.05, 0.1) is 29.2 Å². The lowest BCUT2D eigenvalue weighted by Crippen LogP contribution is -2.46. The molecule has 1 fully saturated rings. The summed E-state index contributed by atoms with van der Waals surface area (Å²) in [4.78, 5) is 23.3. The Morgan fingerprint density at radius 3 is 2.94 bits per heavy atom. The molecule has 2 aliphatic heterocycles. The van der Waals surface area contributed by atoms with Crippen LogP contribution in [0.15, 0.2) is 35.3 Å². The lowest BCUT2D eigenvalue weighted by Gasteiger charge is -2.26. The van der Waals surface area contributed by atoms with Crippen molar-refractivity contribution in [3.63, 3.8) is 0 Å². The molecule has 0 spiro atoms. The van der Waals surface area contributed by atoms with Crippen molar-refractivity contribution in [2.75, 3.05) is 44.4 Å². The Hall–Kier alpha value is -3.04. The number of nitrogens with zero attached hydrogens (tertiary/aromatic N) is 3. The van der Waals surface area contributed by atoms with Gasteiger partial charge in [0.25, 0.3) is 0 Å². The van der Waals surface area contributed by atoms with Gasteiger partial charge in [-0.15, -0.1) is 0 Å². The van der Waals surface area contributed by atoms with Gasteiger partial charge in [-0.25, -0.2) is 9.37 Å². The van der Waals surface area contributed by atoms with E-state index in [0.29, 0.717) is 54.5 Å². The van der Waals surface area contributed by atoms with Gasteiger partial charge >= 0.3 is 0 Å². The Morgan fingerprint density at radius 2 is 2.16 bits per heavy atom. The fourth-order valence-electron chi connectivity index (χ4n) is 4.11. The second kappa shape index (κ2) is 8.99. The third-order valence-electron chi connectivity index (χ3n) is 5.75. The normalized spacial score (nSPS) is 23.8. The Balaban J connectivity index is 1.78. The van der Waals surface area contributed by atoms with Crippen LogP contribution >= 0.6 is 0 Å². The summed E-state index contributed by atoms with van der Waals surface area (Å²) in [6.07, 6.45) is 0.380. The van der Waals surface area contributed by atoms with Crippen molar-refractivity contribution >= 4 is 29.8 Å². The highest BCUT2D eigenvalue weighted by Gasteiger charge is 2.32. The molecule has 4 bridgehead atoms. The monoisotopic (exact) mass is 426 g/mol. The second-order valence-corrected chi connectivity index (χ2v) is 7.91. The number of aliphatic imine (C=N–C) groups is 1. The fourth-order valence-corrected chi connectivity index (χ4v) is 4.11. The van der Waals surface area contributed by atoms with E-state index in [1.165, 1.54) is 12.1 Å². The van der Waals surface area contributed by atoms with Crippen LogP contribution in [-0.2, 0) is 9.53 Å². The standard InChI is InChI=1S/C22H27FN6O2/c1-24-18-8-13(23)7-16-17-5-4-6-20(28-17)27-14-9-19(25-10-14)22(30)29(2)12-15(31-3)11-26-21(16)18/h4-8,14-15,19,25-26H,1,9-12H2,2-3H3,(H,27,28). The summed E-state index contributed by atoms with van der Waals surface area (Å²) < 4.78 is 20.0. The van der Waals surface area contributed by atoms with Crippen molar-refractivity contribution in [3.8, 4) is 11.3 Å². The zero-order valence-corrected chi connectivity index (χ0v) is 17.7. The lowest BCUT2D eigenvalue weighted by atomic mass is 10.1. The molecule has 1 saturated heterocycles. The van der Waals surface area contributed by atoms with E-state index in [2.05, 4.69) is 27.7 Å². The highest BCUT2D eigenvalue weighted by molar-refractivity contribution is 5.86. The van der Waals surface area contributed by atoms with E-state index >= 15 is 0 Å². The van der Waals surface area contributed by atoms with E-state index in [1.54, 1.807) is 19.1 Å². The maximum absolute atomic E-state index is 14.4. The van der Waals surface area contributed by atoms with Crippen LogP contribution in [0.25, 0.3) is 11.3 Å². The molecule has 3 unspecified atom stereocenters. The third-order valence-corrected chi connectivity index (χ3v) is 5.75. The predicted octanol–water partition coefficient (Wildman–Crippen LogP) is 2.26. The Bertz CT molecular complexity index is 984. The van der Waals surface area contributed by atoms with E-state index in [0.717, 1.165) is 0 Å². The number of carbonyl (C=O) groups excluding carboxylic acids is 1. The fraction of sp³-hybridized carbons (Fsp3) is 0.409. The van der Waals surface area contributed by atoms with Crippen molar-refractivity contribution in [3.05, 3.63) is 36.1 Å². The van der Waals surface area contributed by atoms with Gasteiger partial charge in [0.15, 0.2) is 0 Å². The molecular formula is C22H27FN6O2. The van der Waals surface area contributed by atoms with Crippen LogP contribution < -0.4 is 16.0 Å². The van der Waals surface area contributed by atoms with E-state index in [-0.39, 0.29) is 24.1 Å². The number of halogens is 1. The molecular weight excluding hydrogens is 399 g/mol. The number of amides is 1. The quantitative estimate of drug-likeness (QED) is 0.639. The van der Waals surface area contributed by atoms with Crippen LogP contribution in [0.2, 0.25) is 0 Å². The first-order chi connectivity index (χ1) is 15.0. The van der Waals surface area contributed by atoms with Crippen molar-refractivity contribution in [2.24, 2.45) is 4.99 Å². The van der Waals surface area contributed by atoms with E-state index in [9.17, 15) is 9.18 Å². The number of fused-ring (bicyclic) bond motifs is 6. The molecule has 0 saturated carbocycles. The lowest BCUT2D eigenvalue weighted by molar-refractivity contribution is -0.133. The maximum atomic E-state index is 14.4. The summed E-state index contributed by atoms with van der Waals surface area (Å²) in [5, 5.41) is 10.0. The molecule has 4 rings (SSSR count). The van der Waals surface area contributed by atoms with Crippen molar-refractivity contribution in [1.29, 1.82) is 0 Å². The Labute approximate surface area is 180 Å². The molecule has 3 atom stereocenters. The van der Waals surface area contributed by atoms with Gasteiger partial charge in [-0.1, -0.05) is 6.07 Å². The molecule has 31 heavy (non-hydrogen) atoms. The minimum Gasteiger partial charge on any atom is -0.380 e. The molecule has 2 aromatic rings. The van der Waals surface area contributed by atoms with E-state index < -0.39 is 5.82 Å². The maximum Gasteiger partial charge on any atom is 0.239 e. The second-order valence-electron chi connectivity index (χ2n) is 7.91. The molecule has 3 heterocycles. The van der Waals surface area contributed by atoms with E-state index in [4.69, 9.17) is 9.72 Å². The average Bonchev–Trinajstić information content (AvgIpc) is 3.23. The number of pyridine rings is 1. The van der Waals surface area contributed by atoms with Gasteiger partial charge < -0.3 is 25.6 Å². The SMILES string of the molecule is C=Nc1cc(F)cc2c1NCC(OC)CN(C)C(=O)C1CC(CN1)Nc1cccc-2n1. The number of ether oxygens (including phenoxy) is 1. The molecule has 9 heteroatoms. The average molecular weight is 426 g/mol. The number of benzene rings is 1. The number of hydrogen-bond acceptors (Lipinski definition) is 7. The summed E-state index contributed by atoms with van der Waals surface area (Å²) >= 11 is 0. The molecule has 1 aromatic heterocycles. The smallest absolute Gasteiger partial charge is 0.239 e. The van der Waals surface area contributed by atoms with Crippen LogP contribution in [0.3, 0.4) is 0 Å². The van der Waals surface area contributed by atoms with Crippen LogP contribution in [0.4, 0.5) is 21.6 Å². The van der Waals surface area contributed by atoms with Crippen molar-refractivity contribution in [1.82, 2.24) is 15.2 Å². The van der Waals surface area contributed by atoms with Gasteiger partial charge in [-0.3, -0.25) is 9.79 Å². The Morgan fingerprint density at radius 1 is 1.32 bits per heavy atom. The molecule has 0 aliphatic carbocycles. The number of likely N-dealkylation sites (N-methyl/N-ethyl adjacent to an activating group) is 1. The highest BCUT2D eigenvalue weighted by atomic mass is 19.1. The molecule has 0 radical (unpaired) electrons. The first kappa shape index (κ1) is 21.2. The number of aromatic nitrogens is 1. The molecule has 1 aromatic carbocycles. The number of methoxy groups -OCH3 is 1. The number of anilines is 2. The number of rotatable bonds is 2. The molecule has 2 aliphatic rings. The van der Waals surface area contributed by atoms with Gasteiger partial charge in [0.1, 0.15) is 11.6 Å². The van der Waals surface area contributed by atoms with Crippen LogP contribution in [0.5, 0.6) is 0 Å². The van der Waals surface area contributed by atoms with Crippen molar-refractivity contribution < 1.29 is 13.9 Å². The number of nitrogens with one attached hydrogen (secondary N) is 3. The summed E-state index contributed by atoms with van der Waals surface area (Å²) in [6.45, 7) is 5.05. The summed E-state index contributed by atoms with van der Waals surface area (Å²) in [5.41, 5.74) is 2.20. The van der Waals surface area contributed by atoms with E-state index in [1.807, 2.05) is 18.2 Å². The van der Waals surface area contributed by atoms with Crippen LogP contribution in [-0.4, -0.2) is 74.5 Å². The first-order valence-electron chi connectivity index (χ1n) is 10.3. The van der Waals surface area contributed by atoms with Gasteiger partial charge in [-0.2, -0.15) is 0 Å². The number of hydrogen-bond donors (Lipinski definition) is 3. The van der Waals surface area contributed by atoms with Gasteiger partial charge in [0, 0.05) is 51.5 Å². The predicted molar refractivity (Wildman–Crippen MR) is 120 cm³/mol. The Kier molecular flexibility index (Phi) is 6.15. The molecule has 3 N–H and O–H groups in total. The third kappa shape index (κ3) is 4.52. The largest absolute Gasteiger partial charge is 0.380 e. The molecule has 1 amide bonds. The minimum atomic E-state index is -0.419. The first-order valence-corrected chi connectivity index (χ1v) is 10.3. The topological polar surface area (TPSA) is 90.9 Å². The highest BCUT2D eigenvalue weighted by Crippen LogP contribution is 2.37. The summed E-state index contributed by atoms with van der Waals surface area (Å²) in [5.74, 6) is 0.273. The van der Waals surface area contributed by atoms with Gasteiger partial charge in [0.2, 0.25) is 5.91 Å². The molecule has 164 valence electrons. The number of carbonyl (C=O) groups is 1. The molecule has 8 nitrogen and oxygen atoms in total. The van der Waals surface area contributed by atoms with Crippen LogP contribution in [0.1, 0.15) is 6.42 Å². The van der Waals surface area contributed by atoms with Gasteiger partial charge in [-0.05, 0) is 31.3 Å². The van der Waals surface area contributed by atoms with Crippen molar-refractivity contribution in [2.45, 2.75) is 24.6 Å². The summed E-state index contributed by atoms with van der Waals surface area (Å²) in [6, 6.07) is 8.13. The summed E-state index contributed by atoms with van der Waals surface area (Å²) in [7, 11) is 3.38. The minimum absolute atomic E-state index is 0.0267. The zero-order valence-electron chi connectivity index (χ0n) is 17.7.